The number of rotatable bonds is 8. The van der Waals surface area contributed by atoms with E-state index >= 15 is 4.39 Å². The predicted molar refractivity (Wildman–Crippen MR) is 146 cm³/mol. The molecular formula is C31H33FN2O6. The lowest BCUT2D eigenvalue weighted by Gasteiger charge is -2.29. The summed E-state index contributed by atoms with van der Waals surface area (Å²) in [5.41, 5.74) is 4.80. The molecule has 4 N–H and O–H groups in total. The van der Waals surface area contributed by atoms with E-state index in [1.807, 2.05) is 0 Å². The molecule has 0 bridgehead atoms. The number of benzene rings is 3. The minimum Gasteiger partial charge on any atom is -0.508 e. The Kier molecular flexibility index (Phi) is 8.32. The van der Waals surface area contributed by atoms with Gasteiger partial charge in [-0.25, -0.2) is 4.39 Å². The molecule has 0 spiro atoms. The Morgan fingerprint density at radius 2 is 1.77 bits per heavy atom. The largest absolute Gasteiger partial charge is 0.508 e. The number of aliphatic hydroxyl groups excluding tert-OH is 1. The van der Waals surface area contributed by atoms with E-state index in [0.717, 1.165) is 41.5 Å². The lowest BCUT2D eigenvalue weighted by Crippen LogP contribution is -2.48. The molecule has 3 aromatic carbocycles. The highest BCUT2D eigenvalue weighted by Gasteiger charge is 2.30. The van der Waals surface area contributed by atoms with Gasteiger partial charge in [-0.3, -0.25) is 9.59 Å². The summed E-state index contributed by atoms with van der Waals surface area (Å²) in [5.74, 6) is -0.813. The number of ether oxygens (including phenoxy) is 2. The Hall–Kier alpha value is -3.95. The summed E-state index contributed by atoms with van der Waals surface area (Å²) in [6, 6.07) is 12.4. The maximum absolute atomic E-state index is 15.1. The average molecular weight is 549 g/mol. The van der Waals surface area contributed by atoms with Crippen molar-refractivity contribution in [3.8, 4) is 11.5 Å². The van der Waals surface area contributed by atoms with Crippen LogP contribution >= 0.6 is 0 Å². The predicted octanol–water partition coefficient (Wildman–Crippen LogP) is 3.43. The highest BCUT2D eigenvalue weighted by atomic mass is 19.1. The summed E-state index contributed by atoms with van der Waals surface area (Å²) in [7, 11) is 1.55. The SMILES string of the molecule is COc1c(C(=O)N[C@H]2CCOC[C@@H]2O)cc(Cc2ccc(C(=O)NCc3ccc(O)cc3)c(F)c2)c2c1CCC2. The minimum atomic E-state index is -0.780. The highest BCUT2D eigenvalue weighted by Crippen LogP contribution is 2.37. The van der Waals surface area contributed by atoms with Gasteiger partial charge in [-0.1, -0.05) is 18.2 Å². The highest BCUT2D eigenvalue weighted by molar-refractivity contribution is 5.98. The smallest absolute Gasteiger partial charge is 0.255 e. The van der Waals surface area contributed by atoms with Crippen LogP contribution in [0.4, 0.5) is 4.39 Å². The maximum Gasteiger partial charge on any atom is 0.255 e. The summed E-state index contributed by atoms with van der Waals surface area (Å²) in [6.45, 7) is 0.840. The fraction of sp³-hybridized carbons (Fsp3) is 0.355. The molecule has 2 atom stereocenters. The van der Waals surface area contributed by atoms with Crippen LogP contribution in [-0.4, -0.2) is 54.5 Å². The van der Waals surface area contributed by atoms with Crippen molar-refractivity contribution >= 4 is 11.8 Å². The molecule has 1 fully saturated rings. The lowest BCUT2D eigenvalue weighted by molar-refractivity contribution is -0.0261. The van der Waals surface area contributed by atoms with Crippen LogP contribution in [0.2, 0.25) is 0 Å². The van der Waals surface area contributed by atoms with Crippen LogP contribution in [0, 0.1) is 5.82 Å². The second kappa shape index (κ2) is 12.1. The van der Waals surface area contributed by atoms with Gasteiger partial charge < -0.3 is 30.3 Å². The number of amides is 2. The third kappa shape index (κ3) is 5.95. The first-order valence-corrected chi connectivity index (χ1v) is 13.5. The number of hydrogen-bond acceptors (Lipinski definition) is 6. The van der Waals surface area contributed by atoms with Crippen molar-refractivity contribution in [2.45, 2.75) is 50.8 Å². The second-order valence-corrected chi connectivity index (χ2v) is 10.3. The first kappa shape index (κ1) is 27.6. The van der Waals surface area contributed by atoms with Crippen LogP contribution in [0.1, 0.15) is 61.4 Å². The molecule has 210 valence electrons. The summed E-state index contributed by atoms with van der Waals surface area (Å²) in [6.07, 6.45) is 2.66. The molecule has 2 amide bonds. The van der Waals surface area contributed by atoms with Crippen LogP contribution in [0.25, 0.3) is 0 Å². The molecule has 0 saturated carbocycles. The van der Waals surface area contributed by atoms with Gasteiger partial charge in [0.15, 0.2) is 0 Å². The maximum atomic E-state index is 15.1. The van der Waals surface area contributed by atoms with E-state index in [2.05, 4.69) is 10.6 Å². The van der Waals surface area contributed by atoms with Gasteiger partial charge in [-0.05, 0) is 90.3 Å². The molecule has 5 rings (SSSR count). The first-order chi connectivity index (χ1) is 19.3. The van der Waals surface area contributed by atoms with Crippen molar-refractivity contribution in [1.82, 2.24) is 10.6 Å². The number of carbonyl (C=O) groups excluding carboxylic acids is 2. The van der Waals surface area contributed by atoms with E-state index in [9.17, 15) is 19.8 Å². The summed E-state index contributed by atoms with van der Waals surface area (Å²) in [5, 5.41) is 25.3. The summed E-state index contributed by atoms with van der Waals surface area (Å²) < 4.78 is 26.0. The third-order valence-electron chi connectivity index (χ3n) is 7.60. The number of phenols is 1. The van der Waals surface area contributed by atoms with Crippen LogP contribution in [0.15, 0.2) is 48.5 Å². The van der Waals surface area contributed by atoms with E-state index in [0.29, 0.717) is 36.3 Å². The summed E-state index contributed by atoms with van der Waals surface area (Å²) in [4.78, 5) is 26.0. The standard InChI is InChI=1S/C31H33FN2O6/c1-39-29-23-4-2-3-22(23)20(15-25(29)31(38)34-27-11-12-40-17-28(27)36)13-19-7-10-24(26(32)14-19)30(37)33-16-18-5-8-21(35)9-6-18/h5-10,14-15,27-28,35-36H,2-4,11-13,16-17H2,1H3,(H,33,37)(H,34,38)/t27-,28-/m0/s1. The number of methoxy groups -OCH3 is 1. The fourth-order valence-electron chi connectivity index (χ4n) is 5.50. The molecule has 8 nitrogen and oxygen atoms in total. The number of hydrogen-bond donors (Lipinski definition) is 4. The zero-order valence-corrected chi connectivity index (χ0v) is 22.3. The summed E-state index contributed by atoms with van der Waals surface area (Å²) >= 11 is 0. The fourth-order valence-corrected chi connectivity index (χ4v) is 5.50. The van der Waals surface area contributed by atoms with E-state index in [1.54, 1.807) is 31.4 Å². The van der Waals surface area contributed by atoms with Crippen molar-refractivity contribution in [2.24, 2.45) is 0 Å². The topological polar surface area (TPSA) is 117 Å². The van der Waals surface area contributed by atoms with E-state index < -0.39 is 23.9 Å². The van der Waals surface area contributed by atoms with E-state index in [-0.39, 0.29) is 30.4 Å². The Morgan fingerprint density at radius 3 is 2.50 bits per heavy atom. The van der Waals surface area contributed by atoms with Gasteiger partial charge in [0.2, 0.25) is 0 Å². The molecule has 1 heterocycles. The van der Waals surface area contributed by atoms with Crippen LogP contribution in [-0.2, 0) is 30.5 Å². The molecule has 0 unspecified atom stereocenters. The molecule has 9 heteroatoms. The van der Waals surface area contributed by atoms with Gasteiger partial charge in [0.1, 0.15) is 17.3 Å². The van der Waals surface area contributed by atoms with Gasteiger partial charge in [-0.15, -0.1) is 0 Å². The molecule has 2 aliphatic rings. The third-order valence-corrected chi connectivity index (χ3v) is 7.60. The van der Waals surface area contributed by atoms with E-state index in [1.165, 1.54) is 24.3 Å². The zero-order valence-electron chi connectivity index (χ0n) is 22.3. The number of aromatic hydroxyl groups is 1. The van der Waals surface area contributed by atoms with Gasteiger partial charge >= 0.3 is 0 Å². The number of carbonyl (C=O) groups is 2. The molecular weight excluding hydrogens is 515 g/mol. The van der Waals surface area contributed by atoms with Crippen LogP contribution < -0.4 is 15.4 Å². The number of fused-ring (bicyclic) bond motifs is 1. The monoisotopic (exact) mass is 548 g/mol. The number of phenolic OH excluding ortho intramolecular Hbond substituents is 1. The Balaban J connectivity index is 1.35. The number of aliphatic hydroxyl groups is 1. The zero-order chi connectivity index (χ0) is 28.2. The van der Waals surface area contributed by atoms with Crippen molar-refractivity contribution in [1.29, 1.82) is 0 Å². The van der Waals surface area contributed by atoms with Crippen molar-refractivity contribution in [2.75, 3.05) is 20.3 Å². The quantitative estimate of drug-likeness (QED) is 0.343. The minimum absolute atomic E-state index is 0.0578. The van der Waals surface area contributed by atoms with Crippen LogP contribution in [0.3, 0.4) is 0 Å². The van der Waals surface area contributed by atoms with Gasteiger partial charge in [0, 0.05) is 13.2 Å². The molecule has 40 heavy (non-hydrogen) atoms. The Morgan fingerprint density at radius 1 is 1.02 bits per heavy atom. The second-order valence-electron chi connectivity index (χ2n) is 10.3. The van der Waals surface area contributed by atoms with Crippen molar-refractivity contribution in [3.63, 3.8) is 0 Å². The average Bonchev–Trinajstić information content (AvgIpc) is 3.44. The van der Waals surface area contributed by atoms with Gasteiger partial charge in [0.25, 0.3) is 11.8 Å². The lowest BCUT2D eigenvalue weighted by atomic mass is 9.92. The van der Waals surface area contributed by atoms with Crippen LogP contribution in [0.5, 0.6) is 11.5 Å². The Labute approximate surface area is 232 Å². The molecule has 3 aromatic rings. The first-order valence-electron chi connectivity index (χ1n) is 13.5. The molecule has 0 radical (unpaired) electrons. The molecule has 0 aromatic heterocycles. The van der Waals surface area contributed by atoms with Gasteiger partial charge in [0.05, 0.1) is 37.0 Å². The van der Waals surface area contributed by atoms with E-state index in [4.69, 9.17) is 9.47 Å². The number of halogens is 1. The molecule has 1 saturated heterocycles. The van der Waals surface area contributed by atoms with Gasteiger partial charge in [-0.2, -0.15) is 0 Å². The van der Waals surface area contributed by atoms with Crippen molar-refractivity contribution < 1.29 is 33.7 Å². The number of nitrogens with one attached hydrogen (secondary N) is 2. The Bertz CT molecular complexity index is 1410. The molecule has 1 aliphatic carbocycles. The normalized spacial score (nSPS) is 18.2. The van der Waals surface area contributed by atoms with Crippen molar-refractivity contribution in [3.05, 3.63) is 93.3 Å². The molecule has 1 aliphatic heterocycles.